The first-order valence-electron chi connectivity index (χ1n) is 2.97. The van der Waals surface area contributed by atoms with Gasteiger partial charge in [0.2, 0.25) is 0 Å². The first-order valence-corrected chi connectivity index (χ1v) is 4.49. The fourth-order valence-electron chi connectivity index (χ4n) is 0.400. The summed E-state index contributed by atoms with van der Waals surface area (Å²) in [6, 6.07) is 0. The van der Waals surface area contributed by atoms with Crippen molar-refractivity contribution >= 4 is 29.0 Å². The van der Waals surface area contributed by atoms with Crippen molar-refractivity contribution in [1.82, 2.24) is 4.57 Å². The third-order valence-electron chi connectivity index (χ3n) is 1.76. The maximum Gasteiger partial charge on any atom is 0.324 e. The van der Waals surface area contributed by atoms with Gasteiger partial charge in [0.05, 0.1) is 10.4 Å². The van der Waals surface area contributed by atoms with E-state index in [0.717, 1.165) is 10.4 Å². The fraction of sp³-hybridized carbons (Fsp3) is 0.800. The molecule has 1 unspecified atom stereocenters. The number of carboxylic acids is 1. The van der Waals surface area contributed by atoms with Crippen molar-refractivity contribution in [2.24, 2.45) is 0 Å². The van der Waals surface area contributed by atoms with Crippen molar-refractivity contribution in [3.8, 4) is 0 Å². The number of rotatable bonds is 3. The fourth-order valence-corrected chi connectivity index (χ4v) is 1.43. The SMILES string of the molecule is CN([SiH3])C(C)(CS)C(=O)O. The Labute approximate surface area is 69.3 Å². The second-order valence-corrected chi connectivity index (χ2v) is 4.29. The predicted octanol–water partition coefficient (Wildman–Crippen LogP) is -1.03. The number of carboxylic acid groups (broad SMARTS) is 1. The van der Waals surface area contributed by atoms with Crippen LogP contribution in [0.3, 0.4) is 0 Å². The summed E-state index contributed by atoms with van der Waals surface area (Å²) in [6.07, 6.45) is 0. The zero-order valence-electron chi connectivity index (χ0n) is 6.46. The number of thiol groups is 1. The molecular weight excluding hydrogens is 166 g/mol. The van der Waals surface area contributed by atoms with E-state index in [4.69, 9.17) is 5.11 Å². The molecule has 10 heavy (non-hydrogen) atoms. The molecule has 0 radical (unpaired) electrons. The molecule has 0 rings (SSSR count). The molecule has 1 atom stereocenters. The first-order chi connectivity index (χ1) is 4.45. The van der Waals surface area contributed by atoms with Crippen LogP contribution < -0.4 is 0 Å². The van der Waals surface area contributed by atoms with Gasteiger partial charge in [0, 0.05) is 5.75 Å². The van der Waals surface area contributed by atoms with Gasteiger partial charge in [0.25, 0.3) is 0 Å². The molecule has 1 N–H and O–H groups in total. The lowest BCUT2D eigenvalue weighted by atomic mass is 10.1. The highest BCUT2D eigenvalue weighted by atomic mass is 32.1. The molecule has 0 saturated heterocycles. The van der Waals surface area contributed by atoms with E-state index in [1.54, 1.807) is 18.5 Å². The molecule has 0 bridgehead atoms. The largest absolute Gasteiger partial charge is 0.480 e. The zero-order chi connectivity index (χ0) is 8.36. The van der Waals surface area contributed by atoms with Crippen LogP contribution in [0.15, 0.2) is 0 Å². The number of hydrogen-bond acceptors (Lipinski definition) is 3. The van der Waals surface area contributed by atoms with Crippen LogP contribution in [-0.4, -0.2) is 44.4 Å². The number of carbonyl (C=O) groups is 1. The number of hydrogen-bond donors (Lipinski definition) is 2. The third kappa shape index (κ3) is 1.74. The molecule has 0 aromatic carbocycles. The Morgan fingerprint density at radius 2 is 2.30 bits per heavy atom. The molecule has 3 nitrogen and oxygen atoms in total. The van der Waals surface area contributed by atoms with Crippen LogP contribution in [0.25, 0.3) is 0 Å². The standard InChI is InChI=1S/C5H13NO2SSi/c1-5(3-9,4(7)8)6(2)10/h9H,3H2,1-2,10H3,(H,7,8). The van der Waals surface area contributed by atoms with Crippen molar-refractivity contribution in [2.75, 3.05) is 12.8 Å². The summed E-state index contributed by atoms with van der Waals surface area (Å²) >= 11 is 3.98. The van der Waals surface area contributed by atoms with Crippen LogP contribution in [-0.2, 0) is 4.79 Å². The maximum absolute atomic E-state index is 10.6. The summed E-state index contributed by atoms with van der Waals surface area (Å²) in [5, 5.41) is 8.73. The third-order valence-corrected chi connectivity index (χ3v) is 3.36. The smallest absolute Gasteiger partial charge is 0.324 e. The van der Waals surface area contributed by atoms with Gasteiger partial charge in [-0.15, -0.1) is 0 Å². The highest BCUT2D eigenvalue weighted by molar-refractivity contribution is 7.80. The molecule has 0 aliphatic heterocycles. The van der Waals surface area contributed by atoms with E-state index in [9.17, 15) is 4.79 Å². The van der Waals surface area contributed by atoms with Gasteiger partial charge in [-0.05, 0) is 14.0 Å². The van der Waals surface area contributed by atoms with Crippen LogP contribution in [0.5, 0.6) is 0 Å². The summed E-state index contributed by atoms with van der Waals surface area (Å²) in [5.74, 6) is -0.456. The second kappa shape index (κ2) is 3.41. The van der Waals surface area contributed by atoms with Crippen molar-refractivity contribution in [1.29, 1.82) is 0 Å². The summed E-state index contributed by atoms with van der Waals surface area (Å²) in [5.41, 5.74) is -0.782. The topological polar surface area (TPSA) is 40.5 Å². The van der Waals surface area contributed by atoms with Gasteiger partial charge in [-0.1, -0.05) is 0 Å². The predicted molar refractivity (Wildman–Crippen MR) is 47.6 cm³/mol. The van der Waals surface area contributed by atoms with E-state index in [-0.39, 0.29) is 0 Å². The molecular formula is C5H13NO2SSi. The number of nitrogens with zero attached hydrogens (tertiary/aromatic N) is 1. The normalized spacial score (nSPS) is 17.2. The van der Waals surface area contributed by atoms with E-state index in [1.807, 2.05) is 0 Å². The van der Waals surface area contributed by atoms with Gasteiger partial charge in [-0.3, -0.25) is 4.79 Å². The lowest BCUT2D eigenvalue weighted by molar-refractivity contribution is -0.145. The Kier molecular flexibility index (Phi) is 3.41. The van der Waals surface area contributed by atoms with E-state index in [2.05, 4.69) is 12.6 Å². The number of aliphatic carboxylic acids is 1. The van der Waals surface area contributed by atoms with Gasteiger partial charge in [0.1, 0.15) is 5.54 Å². The molecule has 0 aliphatic rings. The van der Waals surface area contributed by atoms with Crippen molar-refractivity contribution in [3.05, 3.63) is 0 Å². The van der Waals surface area contributed by atoms with Crippen LogP contribution >= 0.6 is 12.6 Å². The average molecular weight is 179 g/mol. The van der Waals surface area contributed by atoms with E-state index in [1.165, 1.54) is 0 Å². The van der Waals surface area contributed by atoms with Gasteiger partial charge in [-0.25, -0.2) is 0 Å². The van der Waals surface area contributed by atoms with E-state index < -0.39 is 11.5 Å². The van der Waals surface area contributed by atoms with Crippen LogP contribution in [0, 0.1) is 0 Å². The molecule has 0 fully saturated rings. The van der Waals surface area contributed by atoms with E-state index in [0.29, 0.717) is 5.75 Å². The van der Waals surface area contributed by atoms with Crippen molar-refractivity contribution in [2.45, 2.75) is 12.5 Å². The van der Waals surface area contributed by atoms with E-state index >= 15 is 0 Å². The zero-order valence-corrected chi connectivity index (χ0v) is 9.35. The van der Waals surface area contributed by atoms with Crippen molar-refractivity contribution < 1.29 is 9.90 Å². The van der Waals surface area contributed by atoms with Gasteiger partial charge in [-0.2, -0.15) is 12.6 Å². The summed E-state index contributed by atoms with van der Waals surface area (Å²) < 4.78 is 1.78. The van der Waals surface area contributed by atoms with Gasteiger partial charge in [0.15, 0.2) is 0 Å². The van der Waals surface area contributed by atoms with Crippen LogP contribution in [0.4, 0.5) is 0 Å². The van der Waals surface area contributed by atoms with Gasteiger partial charge < -0.3 is 9.67 Å². The summed E-state index contributed by atoms with van der Waals surface area (Å²) in [6.45, 7) is 1.68. The molecule has 0 aliphatic carbocycles. The average Bonchev–Trinajstić information content (AvgIpc) is 1.85. The number of likely N-dealkylation sites (N-methyl/N-ethyl adjacent to an activating group) is 1. The van der Waals surface area contributed by atoms with Gasteiger partial charge >= 0.3 is 5.97 Å². The molecule has 0 aromatic heterocycles. The lowest BCUT2D eigenvalue weighted by Crippen LogP contribution is -2.50. The van der Waals surface area contributed by atoms with Crippen LogP contribution in [0.2, 0.25) is 0 Å². The Morgan fingerprint density at radius 1 is 1.90 bits per heavy atom. The minimum absolute atomic E-state index is 0.350. The van der Waals surface area contributed by atoms with Crippen LogP contribution in [0.1, 0.15) is 6.92 Å². The Hall–Kier alpha value is -0.00312. The Bertz CT molecular complexity index is 142. The molecule has 60 valence electrons. The minimum atomic E-state index is -0.806. The van der Waals surface area contributed by atoms with Crippen molar-refractivity contribution in [3.63, 3.8) is 0 Å². The quantitative estimate of drug-likeness (QED) is 0.430. The highest BCUT2D eigenvalue weighted by Crippen LogP contribution is 2.12. The molecule has 0 saturated carbocycles. The highest BCUT2D eigenvalue weighted by Gasteiger charge is 2.33. The molecule has 5 heteroatoms. The molecule has 0 heterocycles. The minimum Gasteiger partial charge on any atom is -0.480 e. The second-order valence-electron chi connectivity index (χ2n) is 2.63. The summed E-state index contributed by atoms with van der Waals surface area (Å²) in [7, 11) is 2.53. The Morgan fingerprint density at radius 3 is 2.30 bits per heavy atom. The molecule has 0 aromatic rings. The lowest BCUT2D eigenvalue weighted by Gasteiger charge is -2.30. The maximum atomic E-state index is 10.6. The summed E-state index contributed by atoms with van der Waals surface area (Å²) in [4.78, 5) is 10.6. The Balaban J connectivity index is 4.38. The molecule has 0 spiro atoms. The first kappa shape index (κ1) is 10.00. The monoisotopic (exact) mass is 179 g/mol. The molecule has 0 amide bonds.